The van der Waals surface area contributed by atoms with Gasteiger partial charge in [-0.3, -0.25) is 10.1 Å². The fourth-order valence-corrected chi connectivity index (χ4v) is 1.90. The Kier molecular flexibility index (Phi) is 4.83. The van der Waals surface area contributed by atoms with E-state index in [1.54, 1.807) is 32.7 Å². The molecule has 0 bridgehead atoms. The average Bonchev–Trinajstić information content (AvgIpc) is 2.33. The summed E-state index contributed by atoms with van der Waals surface area (Å²) in [6.45, 7) is 7.45. The summed E-state index contributed by atoms with van der Waals surface area (Å²) in [7, 11) is 1.65. The van der Waals surface area contributed by atoms with Crippen molar-refractivity contribution in [3.63, 3.8) is 0 Å². The van der Waals surface area contributed by atoms with Crippen LogP contribution in [-0.2, 0) is 0 Å². The highest BCUT2D eigenvalue weighted by molar-refractivity contribution is 5.62. The quantitative estimate of drug-likeness (QED) is 0.599. The Hall–Kier alpha value is -1.96. The second-order valence-corrected chi connectivity index (χ2v) is 5.14. The highest BCUT2D eigenvalue weighted by Gasteiger charge is 2.28. The molecule has 0 aromatic carbocycles. The highest BCUT2D eigenvalue weighted by atomic mass is 16.6. The van der Waals surface area contributed by atoms with Crippen molar-refractivity contribution in [2.75, 3.05) is 30.4 Å². The molecule has 0 amide bonds. The first-order valence-corrected chi connectivity index (χ1v) is 6.37. The first-order chi connectivity index (χ1) is 9.19. The van der Waals surface area contributed by atoms with Crippen LogP contribution in [-0.4, -0.2) is 45.7 Å². The van der Waals surface area contributed by atoms with Gasteiger partial charge in [0.1, 0.15) is 5.69 Å². The van der Waals surface area contributed by atoms with E-state index >= 15 is 0 Å². The molecule has 0 aliphatic heterocycles. The first kappa shape index (κ1) is 16.1. The monoisotopic (exact) mass is 283 g/mol. The molecule has 0 radical (unpaired) electrons. The zero-order chi connectivity index (χ0) is 15.5. The number of hydrogen-bond acceptors (Lipinski definition) is 7. The lowest BCUT2D eigenvalue weighted by molar-refractivity contribution is -0.385. The summed E-state index contributed by atoms with van der Waals surface area (Å²) in [6, 6.07) is 0. The van der Waals surface area contributed by atoms with Crippen LogP contribution in [0.5, 0.6) is 0 Å². The van der Waals surface area contributed by atoms with Gasteiger partial charge in [0.15, 0.2) is 0 Å². The fraction of sp³-hybridized carbons (Fsp3) is 0.667. The van der Waals surface area contributed by atoms with Crippen molar-refractivity contribution in [3.8, 4) is 0 Å². The van der Waals surface area contributed by atoms with Gasteiger partial charge in [0.2, 0.25) is 11.8 Å². The number of aromatic nitrogens is 2. The summed E-state index contributed by atoms with van der Waals surface area (Å²) in [5.41, 5.74) is -0.823. The van der Waals surface area contributed by atoms with Crippen LogP contribution in [0.4, 0.5) is 17.5 Å². The number of nitrogens with one attached hydrogen (secondary N) is 1. The third kappa shape index (κ3) is 3.77. The molecule has 0 unspecified atom stereocenters. The molecule has 1 aromatic rings. The van der Waals surface area contributed by atoms with Crippen LogP contribution in [0.25, 0.3) is 0 Å². The van der Waals surface area contributed by atoms with E-state index in [9.17, 15) is 15.2 Å². The minimum atomic E-state index is -0.984. The van der Waals surface area contributed by atoms with Crippen LogP contribution in [0.3, 0.4) is 0 Å². The number of nitro groups is 1. The molecule has 0 aliphatic carbocycles. The van der Waals surface area contributed by atoms with Gasteiger partial charge in [0, 0.05) is 20.1 Å². The van der Waals surface area contributed by atoms with Crippen molar-refractivity contribution in [3.05, 3.63) is 15.8 Å². The van der Waals surface area contributed by atoms with Gasteiger partial charge in [-0.05, 0) is 27.7 Å². The third-order valence-electron chi connectivity index (χ3n) is 2.71. The number of likely N-dealkylation sites (N-methyl/N-ethyl adjacent to an activating group) is 1. The summed E-state index contributed by atoms with van der Waals surface area (Å²) in [6.07, 6.45) is 0. The van der Waals surface area contributed by atoms with E-state index in [2.05, 4.69) is 15.3 Å². The normalized spacial score (nSPS) is 11.3. The Morgan fingerprint density at radius 2 is 2.05 bits per heavy atom. The van der Waals surface area contributed by atoms with Crippen LogP contribution < -0.4 is 10.2 Å². The van der Waals surface area contributed by atoms with Gasteiger partial charge in [-0.25, -0.2) is 4.98 Å². The smallest absolute Gasteiger partial charge is 0.332 e. The molecule has 0 aliphatic rings. The molecule has 1 heterocycles. The molecule has 20 heavy (non-hydrogen) atoms. The van der Waals surface area contributed by atoms with Crippen molar-refractivity contribution in [2.24, 2.45) is 0 Å². The molecule has 2 N–H and O–H groups in total. The van der Waals surface area contributed by atoms with E-state index in [0.29, 0.717) is 18.2 Å². The van der Waals surface area contributed by atoms with Gasteiger partial charge in [0.25, 0.3) is 0 Å². The van der Waals surface area contributed by atoms with E-state index < -0.39 is 10.5 Å². The largest absolute Gasteiger partial charge is 0.389 e. The van der Waals surface area contributed by atoms with Gasteiger partial charge in [-0.1, -0.05) is 0 Å². The molecular formula is C12H21N5O3. The Morgan fingerprint density at radius 3 is 2.45 bits per heavy atom. The van der Waals surface area contributed by atoms with Crippen LogP contribution in [0, 0.1) is 17.0 Å². The molecule has 112 valence electrons. The van der Waals surface area contributed by atoms with E-state index in [0.717, 1.165) is 0 Å². The molecule has 0 saturated carbocycles. The Morgan fingerprint density at radius 1 is 1.45 bits per heavy atom. The maximum absolute atomic E-state index is 11.2. The molecule has 8 heteroatoms. The molecule has 0 fully saturated rings. The Labute approximate surface area is 118 Å². The minimum absolute atomic E-state index is 0.130. The second kappa shape index (κ2) is 6.00. The van der Waals surface area contributed by atoms with Gasteiger partial charge in [0.05, 0.1) is 10.5 Å². The second-order valence-electron chi connectivity index (χ2n) is 5.14. The molecule has 0 spiro atoms. The van der Waals surface area contributed by atoms with E-state index in [1.165, 1.54) is 0 Å². The molecule has 8 nitrogen and oxygen atoms in total. The predicted octanol–water partition coefficient (Wildman–Crippen LogP) is 1.33. The molecule has 0 saturated heterocycles. The number of anilines is 2. The zero-order valence-corrected chi connectivity index (χ0v) is 12.5. The summed E-state index contributed by atoms with van der Waals surface area (Å²) >= 11 is 0. The van der Waals surface area contributed by atoms with Crippen LogP contribution >= 0.6 is 0 Å². The van der Waals surface area contributed by atoms with Crippen molar-refractivity contribution in [1.29, 1.82) is 0 Å². The maximum Gasteiger partial charge on any atom is 0.332 e. The van der Waals surface area contributed by atoms with E-state index in [1.807, 2.05) is 6.92 Å². The summed E-state index contributed by atoms with van der Waals surface area (Å²) in [5, 5.41) is 24.0. The predicted molar refractivity (Wildman–Crippen MR) is 77.2 cm³/mol. The zero-order valence-electron chi connectivity index (χ0n) is 12.5. The van der Waals surface area contributed by atoms with Gasteiger partial charge in [-0.15, -0.1) is 0 Å². The molecule has 1 rings (SSSR count). The van der Waals surface area contributed by atoms with Gasteiger partial charge < -0.3 is 15.3 Å². The molecular weight excluding hydrogens is 262 g/mol. The minimum Gasteiger partial charge on any atom is -0.389 e. The lowest BCUT2D eigenvalue weighted by Crippen LogP contribution is -2.39. The van der Waals surface area contributed by atoms with E-state index in [4.69, 9.17) is 0 Å². The summed E-state index contributed by atoms with van der Waals surface area (Å²) in [4.78, 5) is 20.6. The lowest BCUT2D eigenvalue weighted by atomic mass is 10.1. The van der Waals surface area contributed by atoms with E-state index in [-0.39, 0.29) is 18.1 Å². The lowest BCUT2D eigenvalue weighted by Gasteiger charge is -2.28. The number of aryl methyl sites for hydroxylation is 1. The van der Waals surface area contributed by atoms with Crippen LogP contribution in [0.1, 0.15) is 26.5 Å². The number of aliphatic hydroxyl groups is 1. The average molecular weight is 283 g/mol. The van der Waals surface area contributed by atoms with Crippen molar-refractivity contribution in [2.45, 2.75) is 33.3 Å². The first-order valence-electron chi connectivity index (χ1n) is 6.37. The molecule has 0 atom stereocenters. The van der Waals surface area contributed by atoms with Gasteiger partial charge >= 0.3 is 5.69 Å². The Bertz CT molecular complexity index is 499. The summed E-state index contributed by atoms with van der Waals surface area (Å²) in [5.74, 6) is 0.536. The van der Waals surface area contributed by atoms with Crippen LogP contribution in [0.2, 0.25) is 0 Å². The molecule has 1 aromatic heterocycles. The van der Waals surface area contributed by atoms with Crippen molar-refractivity contribution in [1.82, 2.24) is 9.97 Å². The number of rotatable bonds is 6. The standard InChI is InChI=1S/C12H21N5O3/c1-6-16(7-12(3,4)18)10-9(17(19)20)8(2)14-11(13-5)15-10/h18H,6-7H2,1-5H3,(H,13,14,15). The van der Waals surface area contributed by atoms with Gasteiger partial charge in [-0.2, -0.15) is 4.98 Å². The topological polar surface area (TPSA) is 104 Å². The highest BCUT2D eigenvalue weighted by Crippen LogP contribution is 2.30. The number of nitrogens with zero attached hydrogens (tertiary/aromatic N) is 4. The third-order valence-corrected chi connectivity index (χ3v) is 2.71. The van der Waals surface area contributed by atoms with Crippen molar-refractivity contribution < 1.29 is 10.0 Å². The Balaban J connectivity index is 3.38. The van der Waals surface area contributed by atoms with Crippen molar-refractivity contribution >= 4 is 17.5 Å². The maximum atomic E-state index is 11.2. The summed E-state index contributed by atoms with van der Waals surface area (Å²) < 4.78 is 0. The van der Waals surface area contributed by atoms with Crippen LogP contribution in [0.15, 0.2) is 0 Å². The SMILES string of the molecule is CCN(CC(C)(C)O)c1nc(NC)nc(C)c1[N+](=O)[O-]. The fourth-order valence-electron chi connectivity index (χ4n) is 1.90. The number of hydrogen-bond donors (Lipinski definition) is 2.